The van der Waals surface area contributed by atoms with Crippen LogP contribution in [-0.4, -0.2) is 29.4 Å². The Morgan fingerprint density at radius 1 is 1.29 bits per heavy atom. The molecule has 0 aliphatic heterocycles. The van der Waals surface area contributed by atoms with Crippen LogP contribution in [0, 0.1) is 18.3 Å². The first-order chi connectivity index (χ1) is 11.2. The number of hydrogen-bond acceptors (Lipinski definition) is 4. The molecule has 134 valence electrons. The number of nitrogens with one attached hydrogen (secondary N) is 1. The summed E-state index contributed by atoms with van der Waals surface area (Å²) < 4.78 is 5.74. The number of carbonyl (C=O) groups excluding carboxylic acids is 2. The third-order valence-electron chi connectivity index (χ3n) is 5.05. The van der Waals surface area contributed by atoms with Gasteiger partial charge in [-0.1, -0.05) is 40.5 Å². The summed E-state index contributed by atoms with van der Waals surface area (Å²) in [5.74, 6) is 0.650. The van der Waals surface area contributed by atoms with Gasteiger partial charge in [-0.3, -0.25) is 9.59 Å². The summed E-state index contributed by atoms with van der Waals surface area (Å²) in [5, 5.41) is 12.9. The van der Waals surface area contributed by atoms with Crippen molar-refractivity contribution in [1.29, 1.82) is 0 Å². The van der Waals surface area contributed by atoms with Gasteiger partial charge in [0, 0.05) is 24.9 Å². The molecule has 1 aromatic rings. The molecule has 0 aromatic carbocycles. The molecule has 0 saturated carbocycles. The molecular weight excluding hydrogens is 306 g/mol. The van der Waals surface area contributed by atoms with Gasteiger partial charge in [0.25, 0.3) is 5.91 Å². The number of aliphatic hydroxyl groups excluding tert-OH is 1. The fourth-order valence-corrected chi connectivity index (χ4v) is 3.58. The summed E-state index contributed by atoms with van der Waals surface area (Å²) in [6, 6.07) is 0. The molecule has 5 nitrogen and oxygen atoms in total. The Morgan fingerprint density at radius 3 is 2.50 bits per heavy atom. The van der Waals surface area contributed by atoms with Crippen molar-refractivity contribution in [2.45, 2.75) is 66.4 Å². The van der Waals surface area contributed by atoms with Crippen molar-refractivity contribution in [3.8, 4) is 0 Å². The molecule has 1 aliphatic rings. The van der Waals surface area contributed by atoms with Gasteiger partial charge in [0.1, 0.15) is 5.76 Å². The predicted molar refractivity (Wildman–Crippen MR) is 92.3 cm³/mol. The number of amides is 1. The number of rotatable bonds is 6. The summed E-state index contributed by atoms with van der Waals surface area (Å²) in [6.45, 7) is 10.0. The number of carbonyl (C=O) groups is 2. The molecule has 5 heteroatoms. The van der Waals surface area contributed by atoms with E-state index in [1.807, 2.05) is 27.7 Å². The zero-order valence-electron chi connectivity index (χ0n) is 15.4. The van der Waals surface area contributed by atoms with E-state index in [4.69, 9.17) is 4.42 Å². The number of hydrogen-bond donors (Lipinski definition) is 2. The minimum Gasteiger partial charge on any atom is -0.455 e. The Kier molecular flexibility index (Phi) is 5.53. The highest BCUT2D eigenvalue weighted by atomic mass is 16.4. The van der Waals surface area contributed by atoms with Gasteiger partial charge in [0.15, 0.2) is 11.5 Å². The Balaban J connectivity index is 2.13. The zero-order valence-corrected chi connectivity index (χ0v) is 15.4. The van der Waals surface area contributed by atoms with E-state index in [0.29, 0.717) is 29.7 Å². The van der Waals surface area contributed by atoms with Gasteiger partial charge in [-0.2, -0.15) is 0 Å². The first-order valence-electron chi connectivity index (χ1n) is 8.81. The lowest BCUT2D eigenvalue weighted by molar-refractivity contribution is 0.0791. The third-order valence-corrected chi connectivity index (χ3v) is 5.05. The molecule has 1 aromatic heterocycles. The minimum absolute atomic E-state index is 0.0404. The van der Waals surface area contributed by atoms with Gasteiger partial charge in [-0.05, 0) is 18.3 Å². The Morgan fingerprint density at radius 2 is 1.92 bits per heavy atom. The number of fused-ring (bicyclic) bond motifs is 1. The SMILES string of the molecule is CCC(CC)C(O)CNC(=O)c1oc2c(c1C)C(=O)CC(C)(C)C2. The van der Waals surface area contributed by atoms with Crippen LogP contribution in [0.5, 0.6) is 0 Å². The van der Waals surface area contributed by atoms with Gasteiger partial charge < -0.3 is 14.8 Å². The van der Waals surface area contributed by atoms with E-state index < -0.39 is 6.10 Å². The highest BCUT2D eigenvalue weighted by molar-refractivity contribution is 6.03. The zero-order chi connectivity index (χ0) is 18.1. The van der Waals surface area contributed by atoms with Crippen LogP contribution in [-0.2, 0) is 6.42 Å². The van der Waals surface area contributed by atoms with Crippen molar-refractivity contribution in [2.24, 2.45) is 11.3 Å². The maximum Gasteiger partial charge on any atom is 0.287 e. The van der Waals surface area contributed by atoms with Crippen molar-refractivity contribution >= 4 is 11.7 Å². The number of Topliss-reactive ketones (excluding diaryl/α,β-unsaturated/α-hetero) is 1. The fourth-order valence-electron chi connectivity index (χ4n) is 3.58. The summed E-state index contributed by atoms with van der Waals surface area (Å²) in [7, 11) is 0. The number of ketones is 1. The summed E-state index contributed by atoms with van der Waals surface area (Å²) in [6.07, 6.45) is 2.28. The van der Waals surface area contributed by atoms with Crippen molar-refractivity contribution < 1.29 is 19.1 Å². The van der Waals surface area contributed by atoms with Gasteiger partial charge in [0.05, 0.1) is 11.7 Å². The van der Waals surface area contributed by atoms with Crippen molar-refractivity contribution in [3.63, 3.8) is 0 Å². The molecule has 0 bridgehead atoms. The van der Waals surface area contributed by atoms with Gasteiger partial charge in [-0.15, -0.1) is 0 Å². The monoisotopic (exact) mass is 335 g/mol. The van der Waals surface area contributed by atoms with E-state index in [1.165, 1.54) is 0 Å². The second-order valence-electron chi connectivity index (χ2n) is 7.65. The molecule has 0 fully saturated rings. The topological polar surface area (TPSA) is 79.5 Å². The van der Waals surface area contributed by atoms with Crippen LogP contribution in [0.2, 0.25) is 0 Å². The fraction of sp³-hybridized carbons (Fsp3) is 0.684. The maximum absolute atomic E-state index is 12.4. The van der Waals surface area contributed by atoms with Gasteiger partial charge in [-0.25, -0.2) is 0 Å². The van der Waals surface area contributed by atoms with Crippen LogP contribution in [0.1, 0.15) is 79.2 Å². The molecule has 1 unspecified atom stereocenters. The van der Waals surface area contributed by atoms with Crippen LogP contribution >= 0.6 is 0 Å². The molecule has 2 rings (SSSR count). The highest BCUT2D eigenvalue weighted by Crippen LogP contribution is 2.38. The first kappa shape index (κ1) is 18.7. The largest absolute Gasteiger partial charge is 0.455 e. The van der Waals surface area contributed by atoms with Crippen LogP contribution in [0.25, 0.3) is 0 Å². The summed E-state index contributed by atoms with van der Waals surface area (Å²) in [5.41, 5.74) is 1.04. The second-order valence-corrected chi connectivity index (χ2v) is 7.65. The lowest BCUT2D eigenvalue weighted by Crippen LogP contribution is -2.36. The van der Waals surface area contributed by atoms with Crippen LogP contribution in [0.4, 0.5) is 0 Å². The van der Waals surface area contributed by atoms with Gasteiger partial charge in [0.2, 0.25) is 0 Å². The molecule has 0 saturated heterocycles. The normalized spacial score (nSPS) is 17.7. The average Bonchev–Trinajstić information content (AvgIpc) is 2.81. The second kappa shape index (κ2) is 7.09. The molecule has 1 amide bonds. The minimum atomic E-state index is -0.575. The van der Waals surface area contributed by atoms with E-state index in [2.05, 4.69) is 5.32 Å². The van der Waals surface area contributed by atoms with Crippen LogP contribution < -0.4 is 5.32 Å². The molecule has 1 atom stereocenters. The average molecular weight is 335 g/mol. The Labute approximate surface area is 143 Å². The molecule has 24 heavy (non-hydrogen) atoms. The maximum atomic E-state index is 12.4. The van der Waals surface area contributed by atoms with E-state index in [9.17, 15) is 14.7 Å². The van der Waals surface area contributed by atoms with Gasteiger partial charge >= 0.3 is 0 Å². The predicted octanol–water partition coefficient (Wildman–Crippen LogP) is 3.27. The highest BCUT2D eigenvalue weighted by Gasteiger charge is 2.37. The van der Waals surface area contributed by atoms with Crippen LogP contribution in [0.15, 0.2) is 4.42 Å². The van der Waals surface area contributed by atoms with Crippen molar-refractivity contribution in [2.75, 3.05) is 6.54 Å². The first-order valence-corrected chi connectivity index (χ1v) is 8.81. The van der Waals surface area contributed by atoms with E-state index in [0.717, 1.165) is 12.8 Å². The smallest absolute Gasteiger partial charge is 0.287 e. The van der Waals surface area contributed by atoms with Crippen molar-refractivity contribution in [3.05, 3.63) is 22.6 Å². The summed E-state index contributed by atoms with van der Waals surface area (Å²) >= 11 is 0. The standard InChI is InChI=1S/C19H29NO4/c1-6-12(7-2)14(22)10-20-18(23)17-11(3)16-13(21)8-19(4,5)9-15(16)24-17/h12,14,22H,6-10H2,1-5H3,(H,20,23). The number of furan rings is 1. The lowest BCUT2D eigenvalue weighted by Gasteiger charge is -2.27. The number of aliphatic hydroxyl groups is 1. The van der Waals surface area contributed by atoms with Crippen molar-refractivity contribution in [1.82, 2.24) is 5.32 Å². The molecular formula is C19H29NO4. The summed E-state index contributed by atoms with van der Waals surface area (Å²) in [4.78, 5) is 24.8. The molecule has 1 heterocycles. The molecule has 1 aliphatic carbocycles. The van der Waals surface area contributed by atoms with Crippen LogP contribution in [0.3, 0.4) is 0 Å². The quantitative estimate of drug-likeness (QED) is 0.836. The van der Waals surface area contributed by atoms with E-state index in [1.54, 1.807) is 6.92 Å². The van der Waals surface area contributed by atoms with E-state index >= 15 is 0 Å². The van der Waals surface area contributed by atoms with E-state index in [-0.39, 0.29) is 35.3 Å². The molecule has 2 N–H and O–H groups in total. The Bertz CT molecular complexity index is 626. The molecule has 0 radical (unpaired) electrons. The Hall–Kier alpha value is -1.62. The third kappa shape index (κ3) is 3.72. The molecule has 0 spiro atoms. The lowest BCUT2D eigenvalue weighted by atomic mass is 9.76.